The zero-order valence-electron chi connectivity index (χ0n) is 10.9. The highest BCUT2D eigenvalue weighted by molar-refractivity contribution is 5.47. The van der Waals surface area contributed by atoms with Gasteiger partial charge in [-0.3, -0.25) is 0 Å². The summed E-state index contributed by atoms with van der Waals surface area (Å²) in [6, 6.07) is 12.2. The van der Waals surface area contributed by atoms with Gasteiger partial charge in [0, 0.05) is 25.8 Å². The van der Waals surface area contributed by atoms with E-state index in [1.807, 2.05) is 35.1 Å². The molecule has 1 N–H and O–H groups in total. The van der Waals surface area contributed by atoms with Crippen molar-refractivity contribution in [2.45, 2.75) is 12.8 Å². The monoisotopic (exact) mass is 257 g/mol. The Labute approximate surface area is 113 Å². The number of para-hydroxylation sites is 1. The lowest BCUT2D eigenvalue weighted by molar-refractivity contribution is 0.208. The van der Waals surface area contributed by atoms with Crippen LogP contribution in [-0.4, -0.2) is 34.6 Å². The summed E-state index contributed by atoms with van der Waals surface area (Å²) in [5, 5.41) is 13.8. The fraction of sp³-hybridized carbons (Fsp3) is 0.400. The van der Waals surface area contributed by atoms with Crippen molar-refractivity contribution in [2.75, 3.05) is 24.6 Å². The maximum absolute atomic E-state index is 9.34. The smallest absolute Gasteiger partial charge is 0.132 e. The van der Waals surface area contributed by atoms with Crippen LogP contribution >= 0.6 is 0 Å². The van der Waals surface area contributed by atoms with Gasteiger partial charge in [-0.05, 0) is 30.9 Å². The number of nitrogens with zero attached hydrogens (tertiary/aromatic N) is 3. The lowest BCUT2D eigenvalue weighted by Crippen LogP contribution is -2.37. The molecule has 0 amide bonds. The summed E-state index contributed by atoms with van der Waals surface area (Å²) in [6.45, 7) is 2.22. The first-order valence-corrected chi connectivity index (χ1v) is 6.84. The molecule has 3 rings (SSSR count). The summed E-state index contributed by atoms with van der Waals surface area (Å²) < 4.78 is 1.97. The van der Waals surface area contributed by atoms with Crippen LogP contribution in [0.3, 0.4) is 0 Å². The molecule has 1 aliphatic heterocycles. The van der Waals surface area contributed by atoms with Crippen LogP contribution < -0.4 is 4.90 Å². The van der Waals surface area contributed by atoms with Gasteiger partial charge in [0.15, 0.2) is 0 Å². The van der Waals surface area contributed by atoms with E-state index in [4.69, 9.17) is 0 Å². The fourth-order valence-corrected chi connectivity index (χ4v) is 2.73. The predicted molar refractivity (Wildman–Crippen MR) is 75.6 cm³/mol. The highest BCUT2D eigenvalue weighted by Crippen LogP contribution is 2.24. The van der Waals surface area contributed by atoms with E-state index in [1.165, 1.54) is 0 Å². The lowest BCUT2D eigenvalue weighted by atomic mass is 9.99. The molecule has 1 atom stereocenters. The minimum atomic E-state index is 0.274. The van der Waals surface area contributed by atoms with E-state index in [2.05, 4.69) is 22.1 Å². The first-order chi connectivity index (χ1) is 9.38. The summed E-state index contributed by atoms with van der Waals surface area (Å²) in [4.78, 5) is 2.32. The van der Waals surface area contributed by atoms with Crippen LogP contribution in [0.1, 0.15) is 12.8 Å². The van der Waals surface area contributed by atoms with Gasteiger partial charge in [0.1, 0.15) is 5.82 Å². The largest absolute Gasteiger partial charge is 0.396 e. The standard InChI is InChI=1S/C15H19N3O/c19-12-13-5-4-10-17(11-13)15-8-9-16-18(15)14-6-2-1-3-7-14/h1-3,6-9,13,19H,4-5,10-12H2. The fourth-order valence-electron chi connectivity index (χ4n) is 2.73. The molecule has 0 bridgehead atoms. The van der Waals surface area contributed by atoms with Crippen LogP contribution in [-0.2, 0) is 0 Å². The molecule has 100 valence electrons. The van der Waals surface area contributed by atoms with Crippen molar-refractivity contribution < 1.29 is 5.11 Å². The van der Waals surface area contributed by atoms with E-state index < -0.39 is 0 Å². The van der Waals surface area contributed by atoms with E-state index in [0.29, 0.717) is 5.92 Å². The molecule has 0 spiro atoms. The third-order valence-corrected chi connectivity index (χ3v) is 3.72. The van der Waals surface area contributed by atoms with Gasteiger partial charge in [0.2, 0.25) is 0 Å². The molecule has 1 aromatic heterocycles. The number of anilines is 1. The predicted octanol–water partition coefficient (Wildman–Crippen LogP) is 2.08. The zero-order chi connectivity index (χ0) is 13.1. The molecular formula is C15H19N3O. The molecule has 1 aromatic carbocycles. The zero-order valence-corrected chi connectivity index (χ0v) is 10.9. The van der Waals surface area contributed by atoms with Crippen molar-refractivity contribution in [3.05, 3.63) is 42.6 Å². The van der Waals surface area contributed by atoms with Crippen LogP contribution in [0.2, 0.25) is 0 Å². The number of piperidine rings is 1. The quantitative estimate of drug-likeness (QED) is 0.915. The summed E-state index contributed by atoms with van der Waals surface area (Å²) in [7, 11) is 0. The molecule has 2 aromatic rings. The van der Waals surface area contributed by atoms with E-state index in [9.17, 15) is 5.11 Å². The van der Waals surface area contributed by atoms with Crippen molar-refractivity contribution >= 4 is 5.82 Å². The highest BCUT2D eigenvalue weighted by atomic mass is 16.3. The van der Waals surface area contributed by atoms with Crippen molar-refractivity contribution in [1.82, 2.24) is 9.78 Å². The summed E-state index contributed by atoms with van der Waals surface area (Å²) in [6.07, 6.45) is 4.09. The third kappa shape index (κ3) is 2.49. The Balaban J connectivity index is 1.88. The van der Waals surface area contributed by atoms with Crippen molar-refractivity contribution in [3.8, 4) is 5.69 Å². The molecule has 2 heterocycles. The number of aliphatic hydroxyl groups is 1. The van der Waals surface area contributed by atoms with E-state index in [1.54, 1.807) is 0 Å². The Morgan fingerprint density at radius 3 is 2.84 bits per heavy atom. The third-order valence-electron chi connectivity index (χ3n) is 3.72. The minimum Gasteiger partial charge on any atom is -0.396 e. The van der Waals surface area contributed by atoms with Gasteiger partial charge < -0.3 is 10.0 Å². The number of hydrogen-bond acceptors (Lipinski definition) is 3. The van der Waals surface area contributed by atoms with E-state index in [-0.39, 0.29) is 6.61 Å². The highest BCUT2D eigenvalue weighted by Gasteiger charge is 2.22. The second-order valence-corrected chi connectivity index (χ2v) is 5.07. The summed E-state index contributed by atoms with van der Waals surface area (Å²) in [5.74, 6) is 1.50. The van der Waals surface area contributed by atoms with Crippen molar-refractivity contribution in [3.63, 3.8) is 0 Å². The molecular weight excluding hydrogens is 238 g/mol. The average Bonchev–Trinajstić information content (AvgIpc) is 2.98. The van der Waals surface area contributed by atoms with Crippen LogP contribution in [0, 0.1) is 5.92 Å². The molecule has 1 fully saturated rings. The van der Waals surface area contributed by atoms with E-state index in [0.717, 1.165) is 37.4 Å². The number of hydrogen-bond donors (Lipinski definition) is 1. The first kappa shape index (κ1) is 12.2. The molecule has 0 saturated carbocycles. The Morgan fingerprint density at radius 1 is 1.21 bits per heavy atom. The molecule has 1 aliphatic rings. The minimum absolute atomic E-state index is 0.274. The molecule has 1 unspecified atom stereocenters. The molecule has 0 radical (unpaired) electrons. The Kier molecular flexibility index (Phi) is 3.51. The van der Waals surface area contributed by atoms with Crippen LogP contribution in [0.4, 0.5) is 5.82 Å². The maximum atomic E-state index is 9.34. The van der Waals surface area contributed by atoms with Gasteiger partial charge in [-0.2, -0.15) is 5.10 Å². The number of rotatable bonds is 3. The Bertz CT molecular complexity index is 523. The molecule has 1 saturated heterocycles. The Hall–Kier alpha value is -1.81. The van der Waals surface area contributed by atoms with Gasteiger partial charge in [0.05, 0.1) is 11.9 Å². The van der Waals surface area contributed by atoms with Gasteiger partial charge in [-0.1, -0.05) is 18.2 Å². The second-order valence-electron chi connectivity index (χ2n) is 5.07. The van der Waals surface area contributed by atoms with Crippen LogP contribution in [0.15, 0.2) is 42.6 Å². The number of aliphatic hydroxyl groups excluding tert-OH is 1. The Morgan fingerprint density at radius 2 is 2.05 bits per heavy atom. The number of aromatic nitrogens is 2. The summed E-state index contributed by atoms with van der Waals surface area (Å²) in [5.41, 5.74) is 1.08. The van der Waals surface area contributed by atoms with Gasteiger partial charge in [0.25, 0.3) is 0 Å². The second kappa shape index (κ2) is 5.45. The van der Waals surface area contributed by atoms with Gasteiger partial charge >= 0.3 is 0 Å². The van der Waals surface area contributed by atoms with Gasteiger partial charge in [-0.15, -0.1) is 0 Å². The van der Waals surface area contributed by atoms with Crippen molar-refractivity contribution in [1.29, 1.82) is 0 Å². The van der Waals surface area contributed by atoms with Gasteiger partial charge in [-0.25, -0.2) is 4.68 Å². The lowest BCUT2D eigenvalue weighted by Gasteiger charge is -2.33. The molecule has 4 heteroatoms. The normalized spacial score (nSPS) is 19.6. The first-order valence-electron chi connectivity index (χ1n) is 6.84. The van der Waals surface area contributed by atoms with Crippen LogP contribution in [0.25, 0.3) is 5.69 Å². The topological polar surface area (TPSA) is 41.3 Å². The van der Waals surface area contributed by atoms with E-state index >= 15 is 0 Å². The summed E-state index contributed by atoms with van der Waals surface area (Å²) >= 11 is 0. The average molecular weight is 257 g/mol. The van der Waals surface area contributed by atoms with Crippen LogP contribution in [0.5, 0.6) is 0 Å². The molecule has 19 heavy (non-hydrogen) atoms. The van der Waals surface area contributed by atoms with Crippen molar-refractivity contribution in [2.24, 2.45) is 5.92 Å². The molecule has 0 aliphatic carbocycles. The molecule has 4 nitrogen and oxygen atoms in total. The maximum Gasteiger partial charge on any atom is 0.132 e. The SMILES string of the molecule is OCC1CCCN(c2ccnn2-c2ccccc2)C1. The number of benzene rings is 1.